The first kappa shape index (κ1) is 38.3. The Morgan fingerprint density at radius 2 is 1.94 bits per heavy atom. The molecular weight excluding hydrogens is 619 g/mol. The van der Waals surface area contributed by atoms with E-state index in [0.717, 1.165) is 25.0 Å². The van der Waals surface area contributed by atoms with E-state index in [0.29, 0.717) is 44.7 Å². The molecule has 2 amide bonds. The van der Waals surface area contributed by atoms with Gasteiger partial charge in [-0.3, -0.25) is 15.4 Å². The summed E-state index contributed by atoms with van der Waals surface area (Å²) in [6, 6.07) is -0.837. The fourth-order valence-corrected chi connectivity index (χ4v) is 6.98. The molecule has 1 unspecified atom stereocenters. The van der Waals surface area contributed by atoms with Gasteiger partial charge in [-0.1, -0.05) is 26.0 Å². The van der Waals surface area contributed by atoms with E-state index in [2.05, 4.69) is 44.9 Å². The fraction of sp³-hybridized carbons (Fsp3) is 0.771. The lowest BCUT2D eigenvalue weighted by Gasteiger charge is -2.34. The third kappa shape index (κ3) is 12.1. The number of likely N-dealkylation sites (N-methyl/N-ethyl adjacent to an activating group) is 1. The number of aliphatic hydroxyl groups is 2. The largest absolute Gasteiger partial charge is 0.460 e. The summed E-state index contributed by atoms with van der Waals surface area (Å²) in [7, 11) is 0. The van der Waals surface area contributed by atoms with E-state index in [1.165, 1.54) is 0 Å². The predicted octanol–water partition coefficient (Wildman–Crippen LogP) is 2.94. The highest BCUT2D eigenvalue weighted by Gasteiger charge is 2.38. The molecule has 272 valence electrons. The van der Waals surface area contributed by atoms with Crippen LogP contribution in [0.15, 0.2) is 35.8 Å². The zero-order chi connectivity index (χ0) is 34.8. The van der Waals surface area contributed by atoms with Gasteiger partial charge < -0.3 is 41.0 Å². The summed E-state index contributed by atoms with van der Waals surface area (Å²) >= 11 is 0. The van der Waals surface area contributed by atoms with Crippen molar-refractivity contribution >= 4 is 12.0 Å². The number of carbonyl (C=O) groups is 2. The van der Waals surface area contributed by atoms with E-state index < -0.39 is 36.3 Å². The van der Waals surface area contributed by atoms with Gasteiger partial charge in [-0.05, 0) is 90.5 Å². The Hall–Kier alpha value is -2.55. The molecule has 13 heteroatoms. The number of amides is 2. The smallest absolute Gasteiger partial charge is 0.323 e. The SMILES string of the molecule is CCN[C@H](O)[C@H](CCC(=O)OC(C)(C)C)N[C@H](O)[C@H]1CNC([C@@H]2C[C@H](O[C@@H]3CC=C(NC(=O)NC4=C[C@H](C)CCC4)[C@H](F)C3)C=CN2)C1. The van der Waals surface area contributed by atoms with Gasteiger partial charge in [0.05, 0.1) is 12.2 Å². The number of allylic oxidation sites excluding steroid dienone is 3. The Balaban J connectivity index is 1.22. The van der Waals surface area contributed by atoms with Gasteiger partial charge in [0.2, 0.25) is 0 Å². The first-order valence-corrected chi connectivity index (χ1v) is 17.8. The maximum Gasteiger partial charge on any atom is 0.323 e. The van der Waals surface area contributed by atoms with Crippen LogP contribution in [0.5, 0.6) is 0 Å². The van der Waals surface area contributed by atoms with Crippen molar-refractivity contribution in [3.8, 4) is 0 Å². The number of rotatable bonds is 14. The molecule has 4 aliphatic rings. The minimum Gasteiger partial charge on any atom is -0.460 e. The lowest BCUT2D eigenvalue weighted by molar-refractivity contribution is -0.155. The molecule has 0 aromatic heterocycles. The molecule has 0 aromatic rings. The Morgan fingerprint density at radius 1 is 1.15 bits per heavy atom. The van der Waals surface area contributed by atoms with Gasteiger partial charge in [-0.2, -0.15) is 0 Å². The zero-order valence-corrected chi connectivity index (χ0v) is 29.3. The predicted molar refractivity (Wildman–Crippen MR) is 182 cm³/mol. The van der Waals surface area contributed by atoms with Crippen molar-refractivity contribution in [2.24, 2.45) is 11.8 Å². The third-order valence-corrected chi connectivity index (χ3v) is 9.40. The number of esters is 1. The van der Waals surface area contributed by atoms with Gasteiger partial charge >= 0.3 is 12.0 Å². The van der Waals surface area contributed by atoms with E-state index >= 15 is 4.39 Å². The molecule has 0 saturated carbocycles. The molecule has 8 N–H and O–H groups in total. The summed E-state index contributed by atoms with van der Waals surface area (Å²) in [5.41, 5.74) is 0.586. The second kappa shape index (κ2) is 17.9. The Labute approximate surface area is 285 Å². The minimum absolute atomic E-state index is 0.0468. The van der Waals surface area contributed by atoms with Crippen LogP contribution in [0.4, 0.5) is 9.18 Å². The minimum atomic E-state index is -1.32. The van der Waals surface area contributed by atoms with Crippen molar-refractivity contribution in [3.05, 3.63) is 35.8 Å². The van der Waals surface area contributed by atoms with Crippen molar-refractivity contribution in [2.45, 2.75) is 147 Å². The molecule has 48 heavy (non-hydrogen) atoms. The van der Waals surface area contributed by atoms with Gasteiger partial charge in [-0.15, -0.1) is 0 Å². The highest BCUT2D eigenvalue weighted by Crippen LogP contribution is 2.28. The van der Waals surface area contributed by atoms with E-state index in [-0.39, 0.29) is 54.7 Å². The zero-order valence-electron chi connectivity index (χ0n) is 29.3. The number of halogens is 1. The van der Waals surface area contributed by atoms with Crippen molar-refractivity contribution in [3.63, 3.8) is 0 Å². The van der Waals surface area contributed by atoms with Crippen molar-refractivity contribution in [1.82, 2.24) is 31.9 Å². The van der Waals surface area contributed by atoms with Crippen LogP contribution in [0, 0.1) is 11.8 Å². The van der Waals surface area contributed by atoms with Crippen LogP contribution in [-0.2, 0) is 14.3 Å². The summed E-state index contributed by atoms with van der Waals surface area (Å²) in [6.07, 6.45) is 9.40. The lowest BCUT2D eigenvalue weighted by Crippen LogP contribution is -2.53. The maximum atomic E-state index is 15.1. The van der Waals surface area contributed by atoms with Gasteiger partial charge in [0.25, 0.3) is 0 Å². The lowest BCUT2D eigenvalue weighted by atomic mass is 9.93. The average molecular weight is 679 g/mol. The van der Waals surface area contributed by atoms with Crippen molar-refractivity contribution in [2.75, 3.05) is 13.1 Å². The number of urea groups is 1. The van der Waals surface area contributed by atoms with E-state index in [9.17, 15) is 19.8 Å². The molecule has 12 nitrogen and oxygen atoms in total. The van der Waals surface area contributed by atoms with Crippen molar-refractivity contribution in [1.29, 1.82) is 0 Å². The van der Waals surface area contributed by atoms with E-state index in [1.807, 2.05) is 40.0 Å². The van der Waals surface area contributed by atoms with Crippen LogP contribution in [0.1, 0.15) is 92.4 Å². The third-order valence-electron chi connectivity index (χ3n) is 9.40. The number of carbonyl (C=O) groups excluding carboxylic acids is 2. The van der Waals surface area contributed by atoms with Crippen LogP contribution < -0.4 is 31.9 Å². The average Bonchev–Trinajstić information content (AvgIpc) is 3.51. The summed E-state index contributed by atoms with van der Waals surface area (Å²) in [4.78, 5) is 24.8. The van der Waals surface area contributed by atoms with Gasteiger partial charge in [0.15, 0.2) is 0 Å². The topological polar surface area (TPSA) is 165 Å². The molecule has 2 heterocycles. The standard InChI is InChI=1S/C35H59FN6O6/c1-6-37-33(45)28(12-13-31(43)48-35(3,4)5)41-32(44)22-17-29(39-20-22)30-19-25(14-15-38-30)47-24-10-11-27(26(36)18-24)42-34(46)40-23-9-7-8-21(2)16-23/h11,14-16,21-22,24-26,28-30,32-33,37-39,41,44-45H,6-10,12-13,17-20H2,1-5H3,(H2,40,42,46)/t21-,22-,24-,25-,26-,28+,29?,30+,32-,33-/m1/s1. The first-order valence-electron chi connectivity index (χ1n) is 17.8. The summed E-state index contributed by atoms with van der Waals surface area (Å²) in [5, 5.41) is 40.4. The highest BCUT2D eigenvalue weighted by atomic mass is 19.1. The molecule has 0 spiro atoms. The number of aliphatic hydroxyl groups excluding tert-OH is 2. The van der Waals surface area contributed by atoms with Crippen LogP contribution >= 0.6 is 0 Å². The van der Waals surface area contributed by atoms with Gasteiger partial charge in [0, 0.05) is 54.8 Å². The van der Waals surface area contributed by atoms with Crippen LogP contribution in [-0.4, -0.2) is 89.9 Å². The van der Waals surface area contributed by atoms with Crippen LogP contribution in [0.3, 0.4) is 0 Å². The second-order valence-electron chi connectivity index (χ2n) is 14.8. The van der Waals surface area contributed by atoms with Gasteiger partial charge in [-0.25, -0.2) is 9.18 Å². The second-order valence-corrected chi connectivity index (χ2v) is 14.8. The number of ether oxygens (including phenoxy) is 2. The quantitative estimate of drug-likeness (QED) is 0.101. The fourth-order valence-electron chi connectivity index (χ4n) is 6.98. The molecule has 0 radical (unpaired) electrons. The summed E-state index contributed by atoms with van der Waals surface area (Å²) in [6.45, 7) is 10.6. The van der Waals surface area contributed by atoms with E-state index in [4.69, 9.17) is 9.47 Å². The van der Waals surface area contributed by atoms with E-state index in [1.54, 1.807) is 6.08 Å². The molecule has 1 fully saturated rings. The molecule has 2 aliphatic heterocycles. The van der Waals surface area contributed by atoms with Gasteiger partial charge in [0.1, 0.15) is 24.2 Å². The number of hydrogen-bond donors (Lipinski definition) is 8. The number of alkyl halides is 1. The molecule has 2 aliphatic carbocycles. The summed E-state index contributed by atoms with van der Waals surface area (Å²) in [5.74, 6) is -0.0365. The summed E-state index contributed by atoms with van der Waals surface area (Å²) < 4.78 is 26.8. The molecule has 4 rings (SSSR count). The Kier molecular flexibility index (Phi) is 14.3. The molecule has 1 saturated heterocycles. The molecule has 0 bridgehead atoms. The molecule has 10 atom stereocenters. The maximum absolute atomic E-state index is 15.1. The Morgan fingerprint density at radius 3 is 2.65 bits per heavy atom. The molecule has 0 aromatic carbocycles. The normalized spacial score (nSPS) is 31.1. The Bertz CT molecular complexity index is 1160. The van der Waals surface area contributed by atoms with Crippen LogP contribution in [0.2, 0.25) is 0 Å². The number of nitrogens with one attached hydrogen (secondary N) is 6. The van der Waals surface area contributed by atoms with Crippen molar-refractivity contribution < 1.29 is 33.7 Å². The first-order chi connectivity index (χ1) is 22.8. The van der Waals surface area contributed by atoms with Crippen LogP contribution in [0.25, 0.3) is 0 Å². The highest BCUT2D eigenvalue weighted by molar-refractivity contribution is 5.78. The molecular formula is C35H59FN6O6. The number of hydrogen-bond acceptors (Lipinski definition) is 10. The monoisotopic (exact) mass is 678 g/mol.